The van der Waals surface area contributed by atoms with E-state index in [0.29, 0.717) is 10.7 Å². The zero-order chi connectivity index (χ0) is 18.0. The van der Waals surface area contributed by atoms with Gasteiger partial charge in [0.2, 0.25) is 0 Å². The van der Waals surface area contributed by atoms with Gasteiger partial charge in [0.1, 0.15) is 5.75 Å². The zero-order valence-electron chi connectivity index (χ0n) is 14.0. The molecule has 1 heterocycles. The Balaban J connectivity index is 1.70. The van der Waals surface area contributed by atoms with Crippen LogP contribution >= 0.6 is 23.6 Å². The fraction of sp³-hybridized carbons (Fsp3) is 0.167. The van der Waals surface area contributed by atoms with Crippen molar-refractivity contribution in [3.05, 3.63) is 53.1 Å². The van der Waals surface area contributed by atoms with Crippen LogP contribution in [0.3, 0.4) is 0 Å². The first kappa shape index (κ1) is 17.3. The van der Waals surface area contributed by atoms with Crippen molar-refractivity contribution in [3.63, 3.8) is 0 Å². The van der Waals surface area contributed by atoms with E-state index in [1.165, 1.54) is 11.3 Å². The first-order valence-electron chi connectivity index (χ1n) is 7.60. The number of hydrogen-bond acceptors (Lipinski definition) is 5. The highest BCUT2D eigenvalue weighted by atomic mass is 32.1. The maximum absolute atomic E-state index is 12.4. The zero-order valence-corrected chi connectivity index (χ0v) is 15.7. The minimum Gasteiger partial charge on any atom is -0.497 e. The molecule has 0 aliphatic heterocycles. The molecule has 0 spiro atoms. The number of carbonyl (C=O) groups is 1. The molecule has 0 bridgehead atoms. The molecule has 1 aromatic heterocycles. The molecule has 2 N–H and O–H groups in total. The Morgan fingerprint density at radius 1 is 1.20 bits per heavy atom. The normalized spacial score (nSPS) is 10.5. The summed E-state index contributed by atoms with van der Waals surface area (Å²) >= 11 is 6.68. The highest BCUT2D eigenvalue weighted by Crippen LogP contribution is 2.29. The van der Waals surface area contributed by atoms with E-state index in [9.17, 15) is 4.79 Å². The van der Waals surface area contributed by atoms with Gasteiger partial charge in [0.05, 0.1) is 17.3 Å². The number of thiocarbonyl (C=S) groups is 1. The molecule has 0 radical (unpaired) electrons. The van der Waals surface area contributed by atoms with Crippen LogP contribution < -0.4 is 15.4 Å². The predicted molar refractivity (Wildman–Crippen MR) is 106 cm³/mol. The number of amides is 1. The molecule has 0 fully saturated rings. The number of rotatable bonds is 3. The van der Waals surface area contributed by atoms with E-state index in [0.717, 1.165) is 27.1 Å². The molecule has 5 nitrogen and oxygen atoms in total. The fourth-order valence-electron chi connectivity index (χ4n) is 2.45. The molecule has 3 rings (SSSR count). The topological polar surface area (TPSA) is 63.2 Å². The van der Waals surface area contributed by atoms with Crippen molar-refractivity contribution in [3.8, 4) is 5.75 Å². The Labute approximate surface area is 155 Å². The van der Waals surface area contributed by atoms with Crippen LogP contribution in [0.5, 0.6) is 5.75 Å². The summed E-state index contributed by atoms with van der Waals surface area (Å²) in [5.74, 6) is 0.534. The van der Waals surface area contributed by atoms with Crippen molar-refractivity contribution >= 4 is 49.9 Å². The molecule has 25 heavy (non-hydrogen) atoms. The molecule has 128 valence electrons. The van der Waals surface area contributed by atoms with Crippen LogP contribution in [0.2, 0.25) is 0 Å². The lowest BCUT2D eigenvalue weighted by molar-refractivity contribution is 0.0977. The first-order valence-corrected chi connectivity index (χ1v) is 8.83. The van der Waals surface area contributed by atoms with Gasteiger partial charge in [0, 0.05) is 5.56 Å². The third-order valence-electron chi connectivity index (χ3n) is 3.67. The van der Waals surface area contributed by atoms with E-state index in [2.05, 4.69) is 15.6 Å². The number of ether oxygens (including phenoxy) is 1. The number of thiazole rings is 1. The largest absolute Gasteiger partial charge is 0.497 e. The molecule has 0 unspecified atom stereocenters. The molecule has 7 heteroatoms. The maximum atomic E-state index is 12.4. The summed E-state index contributed by atoms with van der Waals surface area (Å²) in [5.41, 5.74) is 3.47. The van der Waals surface area contributed by atoms with E-state index >= 15 is 0 Å². The molecular formula is C18H17N3O2S2. The summed E-state index contributed by atoms with van der Waals surface area (Å²) < 4.78 is 6.19. The highest BCUT2D eigenvalue weighted by molar-refractivity contribution is 7.80. The Hall–Kier alpha value is -2.51. The average Bonchev–Trinajstić information content (AvgIpc) is 2.95. The molecule has 0 aliphatic rings. The van der Waals surface area contributed by atoms with Gasteiger partial charge in [0.15, 0.2) is 10.2 Å². The summed E-state index contributed by atoms with van der Waals surface area (Å²) in [5, 5.41) is 6.50. The van der Waals surface area contributed by atoms with Crippen LogP contribution in [0.1, 0.15) is 21.5 Å². The summed E-state index contributed by atoms with van der Waals surface area (Å²) in [7, 11) is 1.62. The van der Waals surface area contributed by atoms with Gasteiger partial charge in [0.25, 0.3) is 5.91 Å². The minimum absolute atomic E-state index is 0.219. The summed E-state index contributed by atoms with van der Waals surface area (Å²) in [6.07, 6.45) is 0. The molecule has 2 aromatic carbocycles. The lowest BCUT2D eigenvalue weighted by atomic mass is 10.1. The Morgan fingerprint density at radius 2 is 2.00 bits per heavy atom. The van der Waals surface area contributed by atoms with Gasteiger partial charge < -0.3 is 10.1 Å². The van der Waals surface area contributed by atoms with Crippen LogP contribution in [-0.2, 0) is 0 Å². The standard InChI is InChI=1S/C18H17N3O2S2/c1-10-4-6-13(11(2)8-10)16(22)20-17(24)21-18-19-14-7-5-12(23-3)9-15(14)25-18/h4-9H,1-3H3,(H2,19,20,21,22,24). The third-order valence-corrected chi connectivity index (χ3v) is 4.81. The summed E-state index contributed by atoms with van der Waals surface area (Å²) in [6, 6.07) is 11.3. The molecule has 0 saturated heterocycles. The second-order valence-electron chi connectivity index (χ2n) is 5.58. The summed E-state index contributed by atoms with van der Waals surface area (Å²) in [6.45, 7) is 3.89. The monoisotopic (exact) mass is 371 g/mol. The van der Waals surface area contributed by atoms with Gasteiger partial charge in [-0.3, -0.25) is 10.1 Å². The van der Waals surface area contributed by atoms with Crippen molar-refractivity contribution < 1.29 is 9.53 Å². The molecule has 0 saturated carbocycles. The van der Waals surface area contributed by atoms with Crippen molar-refractivity contribution in [1.29, 1.82) is 0 Å². The lowest BCUT2D eigenvalue weighted by Gasteiger charge is -2.09. The Morgan fingerprint density at radius 3 is 2.72 bits per heavy atom. The van der Waals surface area contributed by atoms with Crippen LogP contribution in [0, 0.1) is 13.8 Å². The third kappa shape index (κ3) is 3.94. The number of fused-ring (bicyclic) bond motifs is 1. The minimum atomic E-state index is -0.238. The number of aryl methyl sites for hydroxylation is 2. The van der Waals surface area contributed by atoms with Gasteiger partial charge in [-0.25, -0.2) is 4.98 Å². The highest BCUT2D eigenvalue weighted by Gasteiger charge is 2.12. The lowest BCUT2D eigenvalue weighted by Crippen LogP contribution is -2.34. The number of aromatic nitrogens is 1. The van der Waals surface area contributed by atoms with Crippen LogP contribution in [-0.4, -0.2) is 23.1 Å². The maximum Gasteiger partial charge on any atom is 0.257 e. The van der Waals surface area contributed by atoms with Gasteiger partial charge in [-0.05, 0) is 55.9 Å². The average molecular weight is 371 g/mol. The van der Waals surface area contributed by atoms with Gasteiger partial charge in [-0.1, -0.05) is 29.0 Å². The molecule has 3 aromatic rings. The van der Waals surface area contributed by atoms with Crippen molar-refractivity contribution in [2.45, 2.75) is 13.8 Å². The number of benzene rings is 2. The SMILES string of the molecule is COc1ccc2nc(NC(=S)NC(=O)c3ccc(C)cc3C)sc2c1. The molecule has 1 amide bonds. The number of nitrogens with one attached hydrogen (secondary N) is 2. The number of carbonyl (C=O) groups excluding carboxylic acids is 1. The van der Waals surface area contributed by atoms with Crippen LogP contribution in [0.15, 0.2) is 36.4 Å². The Kier molecular flexibility index (Phi) is 4.96. The van der Waals surface area contributed by atoms with E-state index in [-0.39, 0.29) is 11.0 Å². The van der Waals surface area contributed by atoms with Crippen LogP contribution in [0.4, 0.5) is 5.13 Å². The van der Waals surface area contributed by atoms with E-state index in [4.69, 9.17) is 17.0 Å². The fourth-order valence-corrected chi connectivity index (χ4v) is 3.61. The van der Waals surface area contributed by atoms with Crippen molar-refractivity contribution in [2.75, 3.05) is 12.4 Å². The van der Waals surface area contributed by atoms with E-state index < -0.39 is 0 Å². The number of hydrogen-bond donors (Lipinski definition) is 2. The molecular weight excluding hydrogens is 354 g/mol. The van der Waals surface area contributed by atoms with Gasteiger partial charge in [-0.15, -0.1) is 0 Å². The molecule has 0 atom stereocenters. The molecule has 0 aliphatic carbocycles. The van der Waals surface area contributed by atoms with Crippen molar-refractivity contribution in [2.24, 2.45) is 0 Å². The number of methoxy groups -OCH3 is 1. The quantitative estimate of drug-likeness (QED) is 0.680. The predicted octanol–water partition coefficient (Wildman–Crippen LogP) is 4.05. The van der Waals surface area contributed by atoms with E-state index in [1.807, 2.05) is 44.2 Å². The van der Waals surface area contributed by atoms with E-state index in [1.54, 1.807) is 13.2 Å². The Bertz CT molecular complexity index is 966. The second kappa shape index (κ2) is 7.16. The van der Waals surface area contributed by atoms with Gasteiger partial charge >= 0.3 is 0 Å². The summed E-state index contributed by atoms with van der Waals surface area (Å²) in [4.78, 5) is 16.8. The first-order chi connectivity index (χ1) is 12.0. The smallest absolute Gasteiger partial charge is 0.257 e. The number of nitrogens with zero attached hydrogens (tertiary/aromatic N) is 1. The number of anilines is 1. The van der Waals surface area contributed by atoms with Crippen LogP contribution in [0.25, 0.3) is 10.2 Å². The van der Waals surface area contributed by atoms with Gasteiger partial charge in [-0.2, -0.15) is 0 Å². The van der Waals surface area contributed by atoms with Crippen molar-refractivity contribution in [1.82, 2.24) is 10.3 Å². The second-order valence-corrected chi connectivity index (χ2v) is 7.02.